The molecule has 2 aromatic rings. The number of hydrogen-bond donors (Lipinski definition) is 2. The Morgan fingerprint density at radius 3 is 3.00 bits per heavy atom. The summed E-state index contributed by atoms with van der Waals surface area (Å²) in [5.74, 6) is -0.157. The van der Waals surface area contributed by atoms with E-state index in [1.54, 1.807) is 6.07 Å². The fraction of sp³-hybridized carbons (Fsp3) is 0.154. The van der Waals surface area contributed by atoms with Crippen LogP contribution in [0, 0.1) is 5.82 Å². The number of amides is 2. The number of rotatable bonds is 1. The van der Waals surface area contributed by atoms with E-state index in [4.69, 9.17) is 5.73 Å². The van der Waals surface area contributed by atoms with Gasteiger partial charge in [0.2, 0.25) is 0 Å². The van der Waals surface area contributed by atoms with Crippen molar-refractivity contribution in [2.75, 3.05) is 5.32 Å². The molecule has 3 rings (SSSR count). The fourth-order valence-corrected chi connectivity index (χ4v) is 3.48. The minimum absolute atomic E-state index is 0.157. The minimum Gasteiger partial charge on any atom is -0.351 e. The second-order valence-electron chi connectivity index (χ2n) is 4.22. The number of anilines is 1. The Morgan fingerprint density at radius 2 is 2.22 bits per heavy atom. The normalized spacial score (nSPS) is 12.7. The predicted octanol–water partition coefficient (Wildman–Crippen LogP) is 3.14. The average molecular weight is 262 g/mol. The molecule has 3 N–H and O–H groups in total. The summed E-state index contributed by atoms with van der Waals surface area (Å²) in [5.41, 5.74) is 7.93. The molecule has 0 saturated carbocycles. The Bertz CT molecular complexity index is 636. The van der Waals surface area contributed by atoms with Crippen LogP contribution in [0.4, 0.5) is 14.2 Å². The van der Waals surface area contributed by atoms with Gasteiger partial charge in [-0.2, -0.15) is 0 Å². The fourth-order valence-electron chi connectivity index (χ4n) is 2.31. The van der Waals surface area contributed by atoms with Crippen LogP contribution in [-0.4, -0.2) is 6.03 Å². The van der Waals surface area contributed by atoms with Gasteiger partial charge < -0.3 is 5.73 Å². The maximum absolute atomic E-state index is 13.7. The number of carbonyl (C=O) groups is 1. The number of primary amides is 1. The second-order valence-corrected chi connectivity index (χ2v) is 5.27. The smallest absolute Gasteiger partial charge is 0.317 e. The molecule has 2 amide bonds. The average Bonchev–Trinajstić information content (AvgIpc) is 2.71. The number of nitrogens with two attached hydrogens (primary N) is 1. The number of hydrogen-bond acceptors (Lipinski definition) is 2. The number of thiophene rings is 1. The van der Waals surface area contributed by atoms with E-state index in [0.717, 1.165) is 28.0 Å². The Hall–Kier alpha value is -1.88. The van der Waals surface area contributed by atoms with E-state index in [1.165, 1.54) is 17.4 Å². The third-order valence-electron chi connectivity index (χ3n) is 3.06. The van der Waals surface area contributed by atoms with Gasteiger partial charge in [0.1, 0.15) is 5.82 Å². The molecule has 1 aromatic carbocycles. The molecule has 0 unspecified atom stereocenters. The van der Waals surface area contributed by atoms with Crippen molar-refractivity contribution in [2.24, 2.45) is 5.73 Å². The van der Waals surface area contributed by atoms with Crippen molar-refractivity contribution < 1.29 is 9.18 Å². The molecule has 92 valence electrons. The first kappa shape index (κ1) is 11.2. The number of urea groups is 1. The molecule has 1 aliphatic rings. The lowest BCUT2D eigenvalue weighted by atomic mass is 9.91. The van der Waals surface area contributed by atoms with Gasteiger partial charge in [-0.15, -0.1) is 11.3 Å². The first-order chi connectivity index (χ1) is 8.65. The van der Waals surface area contributed by atoms with E-state index in [1.807, 2.05) is 12.1 Å². The largest absolute Gasteiger partial charge is 0.351 e. The number of fused-ring (bicyclic) bond motifs is 3. The summed E-state index contributed by atoms with van der Waals surface area (Å²) in [4.78, 5) is 11.9. The zero-order valence-corrected chi connectivity index (χ0v) is 10.3. The molecule has 1 aliphatic carbocycles. The molecule has 0 aliphatic heterocycles. The van der Waals surface area contributed by atoms with Gasteiger partial charge >= 0.3 is 6.03 Å². The van der Waals surface area contributed by atoms with Crippen LogP contribution in [0.2, 0.25) is 0 Å². The van der Waals surface area contributed by atoms with Crippen molar-refractivity contribution in [3.05, 3.63) is 41.2 Å². The van der Waals surface area contributed by atoms with Crippen LogP contribution in [0.25, 0.3) is 10.4 Å². The third-order valence-corrected chi connectivity index (χ3v) is 4.19. The zero-order valence-electron chi connectivity index (χ0n) is 9.50. The van der Waals surface area contributed by atoms with Gasteiger partial charge in [0.25, 0.3) is 0 Å². The quantitative estimate of drug-likeness (QED) is 0.815. The molecule has 3 nitrogen and oxygen atoms in total. The SMILES string of the molecule is NC(=O)Nc1cc2c(s1)-c1cccc(F)c1CC2. The Labute approximate surface area is 107 Å². The van der Waals surface area contributed by atoms with Crippen molar-refractivity contribution >= 4 is 22.4 Å². The van der Waals surface area contributed by atoms with Gasteiger partial charge in [-0.3, -0.25) is 5.32 Å². The van der Waals surface area contributed by atoms with E-state index < -0.39 is 6.03 Å². The molecule has 1 heterocycles. The molecular formula is C13H11FN2OS. The van der Waals surface area contributed by atoms with Gasteiger partial charge in [-0.1, -0.05) is 12.1 Å². The molecule has 18 heavy (non-hydrogen) atoms. The molecular weight excluding hydrogens is 251 g/mol. The topological polar surface area (TPSA) is 55.1 Å². The number of halogens is 1. The van der Waals surface area contributed by atoms with E-state index in [9.17, 15) is 9.18 Å². The van der Waals surface area contributed by atoms with E-state index in [0.29, 0.717) is 11.4 Å². The molecule has 5 heteroatoms. The molecule has 1 aromatic heterocycles. The molecule has 0 fully saturated rings. The van der Waals surface area contributed by atoms with Gasteiger partial charge in [0.15, 0.2) is 0 Å². The van der Waals surface area contributed by atoms with Crippen LogP contribution in [0.3, 0.4) is 0 Å². The maximum Gasteiger partial charge on any atom is 0.317 e. The number of aryl methyl sites for hydroxylation is 1. The number of carbonyl (C=O) groups excluding carboxylic acids is 1. The summed E-state index contributed by atoms with van der Waals surface area (Å²) in [7, 11) is 0. The van der Waals surface area contributed by atoms with Gasteiger partial charge in [0.05, 0.1) is 5.00 Å². The number of benzene rings is 1. The van der Waals surface area contributed by atoms with Gasteiger partial charge in [-0.05, 0) is 41.7 Å². The maximum atomic E-state index is 13.7. The van der Waals surface area contributed by atoms with E-state index in [2.05, 4.69) is 5.32 Å². The summed E-state index contributed by atoms with van der Waals surface area (Å²) in [5, 5.41) is 3.28. The molecule has 0 saturated heterocycles. The highest BCUT2D eigenvalue weighted by Gasteiger charge is 2.21. The summed E-state index contributed by atoms with van der Waals surface area (Å²) < 4.78 is 13.7. The van der Waals surface area contributed by atoms with Crippen molar-refractivity contribution in [3.8, 4) is 10.4 Å². The van der Waals surface area contributed by atoms with Gasteiger partial charge in [-0.25, -0.2) is 9.18 Å². The standard InChI is InChI=1S/C13H11FN2OS/c14-10-3-1-2-9-8(10)5-4-7-6-11(16-13(15)17)18-12(7)9/h1-3,6H,4-5H2,(H3,15,16,17). The predicted molar refractivity (Wildman–Crippen MR) is 70.3 cm³/mol. The van der Waals surface area contributed by atoms with Crippen LogP contribution in [0.1, 0.15) is 11.1 Å². The molecule has 0 atom stereocenters. The lowest BCUT2D eigenvalue weighted by Gasteiger charge is -2.16. The first-order valence-corrected chi connectivity index (χ1v) is 6.44. The highest BCUT2D eigenvalue weighted by atomic mass is 32.1. The Kier molecular flexibility index (Phi) is 2.56. The number of nitrogens with one attached hydrogen (secondary N) is 1. The van der Waals surface area contributed by atoms with Crippen molar-refractivity contribution in [1.82, 2.24) is 0 Å². The van der Waals surface area contributed by atoms with Gasteiger partial charge in [0, 0.05) is 4.88 Å². The van der Waals surface area contributed by atoms with E-state index >= 15 is 0 Å². The second kappa shape index (κ2) is 4.10. The summed E-state index contributed by atoms with van der Waals surface area (Å²) in [6.45, 7) is 0. The zero-order chi connectivity index (χ0) is 12.7. The van der Waals surface area contributed by atoms with Crippen LogP contribution in [0.15, 0.2) is 24.3 Å². The summed E-state index contributed by atoms with van der Waals surface area (Å²) in [6.07, 6.45) is 1.49. The lowest BCUT2D eigenvalue weighted by Crippen LogP contribution is -2.18. The monoisotopic (exact) mass is 262 g/mol. The minimum atomic E-state index is -0.576. The molecule has 0 bridgehead atoms. The van der Waals surface area contributed by atoms with Crippen LogP contribution in [0.5, 0.6) is 0 Å². The van der Waals surface area contributed by atoms with Crippen LogP contribution in [-0.2, 0) is 12.8 Å². The Balaban J connectivity index is 2.10. The molecule has 0 radical (unpaired) electrons. The summed E-state index contributed by atoms with van der Waals surface area (Å²) >= 11 is 1.44. The molecule has 0 spiro atoms. The van der Waals surface area contributed by atoms with E-state index in [-0.39, 0.29) is 5.82 Å². The third kappa shape index (κ3) is 1.76. The first-order valence-electron chi connectivity index (χ1n) is 5.62. The highest BCUT2D eigenvalue weighted by Crippen LogP contribution is 2.42. The van der Waals surface area contributed by atoms with Crippen LogP contribution < -0.4 is 11.1 Å². The highest BCUT2D eigenvalue weighted by molar-refractivity contribution is 7.19. The van der Waals surface area contributed by atoms with Crippen molar-refractivity contribution in [2.45, 2.75) is 12.8 Å². The lowest BCUT2D eigenvalue weighted by molar-refractivity contribution is 0.259. The van der Waals surface area contributed by atoms with Crippen molar-refractivity contribution in [3.63, 3.8) is 0 Å². The van der Waals surface area contributed by atoms with Crippen molar-refractivity contribution in [1.29, 1.82) is 0 Å². The Morgan fingerprint density at radius 1 is 1.39 bits per heavy atom. The van der Waals surface area contributed by atoms with Crippen LogP contribution >= 0.6 is 11.3 Å². The summed E-state index contributed by atoms with van der Waals surface area (Å²) in [6, 6.07) is 6.46.